The number of nitrogens with zero attached hydrogens (tertiary/aromatic N) is 5. The minimum absolute atomic E-state index is 0.808. The Labute approximate surface area is 159 Å². The summed E-state index contributed by atoms with van der Waals surface area (Å²) < 4.78 is 0. The molecule has 0 spiro atoms. The van der Waals surface area contributed by atoms with Crippen molar-refractivity contribution >= 4 is 23.1 Å². The molecule has 5 nitrogen and oxygen atoms in total. The maximum absolute atomic E-state index is 4.90. The lowest BCUT2D eigenvalue weighted by Crippen LogP contribution is -2.46. The summed E-state index contributed by atoms with van der Waals surface area (Å²) in [6.45, 7) is 4.92. The molecule has 0 N–H and O–H groups in total. The first kappa shape index (κ1) is 16.1. The molecule has 0 aliphatic carbocycles. The van der Waals surface area contributed by atoms with E-state index in [-0.39, 0.29) is 0 Å². The van der Waals surface area contributed by atoms with Crippen LogP contribution >= 0.6 is 0 Å². The third kappa shape index (κ3) is 3.10. The largest absolute Gasteiger partial charge is 0.368 e. The lowest BCUT2D eigenvalue weighted by Gasteiger charge is -2.36. The van der Waals surface area contributed by atoms with E-state index in [0.717, 1.165) is 50.9 Å². The second-order valence-electron chi connectivity index (χ2n) is 7.05. The Hall–Kier alpha value is -3.08. The predicted octanol–water partition coefficient (Wildman–Crippen LogP) is 3.50. The first-order chi connectivity index (χ1) is 13.4. The number of para-hydroxylation sites is 2. The van der Waals surface area contributed by atoms with Gasteiger partial charge in [0.1, 0.15) is 5.82 Å². The van der Waals surface area contributed by atoms with Gasteiger partial charge in [-0.25, -0.2) is 4.98 Å². The Morgan fingerprint density at radius 3 is 2.30 bits per heavy atom. The van der Waals surface area contributed by atoms with Gasteiger partial charge in [-0.05, 0) is 36.2 Å². The van der Waals surface area contributed by atoms with Crippen molar-refractivity contribution in [3.63, 3.8) is 0 Å². The fraction of sp³-hybridized carbons (Fsp3) is 0.273. The fourth-order valence-electron chi connectivity index (χ4n) is 4.02. The molecule has 2 aromatic carbocycles. The van der Waals surface area contributed by atoms with E-state index < -0.39 is 0 Å². The van der Waals surface area contributed by atoms with E-state index >= 15 is 0 Å². The molecule has 2 aliphatic heterocycles. The first-order valence-corrected chi connectivity index (χ1v) is 9.62. The molecule has 0 unspecified atom stereocenters. The zero-order valence-electron chi connectivity index (χ0n) is 15.3. The molecular weight excluding hydrogens is 334 g/mol. The molecule has 2 aliphatic rings. The molecule has 3 heterocycles. The van der Waals surface area contributed by atoms with Gasteiger partial charge in [-0.2, -0.15) is 4.98 Å². The van der Waals surface area contributed by atoms with Crippen LogP contribution in [-0.2, 0) is 6.42 Å². The summed E-state index contributed by atoms with van der Waals surface area (Å²) in [5.41, 5.74) is 3.92. The Kier molecular flexibility index (Phi) is 4.13. The van der Waals surface area contributed by atoms with Gasteiger partial charge in [0.25, 0.3) is 0 Å². The summed E-state index contributed by atoms with van der Waals surface area (Å²) in [7, 11) is 0. The molecule has 0 radical (unpaired) electrons. The number of rotatable bonds is 3. The van der Waals surface area contributed by atoms with Crippen LogP contribution in [0.2, 0.25) is 0 Å². The summed E-state index contributed by atoms with van der Waals surface area (Å²) in [5, 5.41) is 0. The van der Waals surface area contributed by atoms with Crippen LogP contribution in [0.3, 0.4) is 0 Å². The summed E-state index contributed by atoms with van der Waals surface area (Å²) in [6.07, 6.45) is 2.95. The molecule has 5 rings (SSSR count). The lowest BCUT2D eigenvalue weighted by molar-refractivity contribution is 0.646. The third-order valence-corrected chi connectivity index (χ3v) is 5.48. The topological polar surface area (TPSA) is 35.5 Å². The highest BCUT2D eigenvalue weighted by Gasteiger charge is 2.23. The Morgan fingerprint density at radius 1 is 0.704 bits per heavy atom. The zero-order chi connectivity index (χ0) is 18.1. The van der Waals surface area contributed by atoms with Crippen LogP contribution in [0, 0.1) is 0 Å². The van der Waals surface area contributed by atoms with Crippen molar-refractivity contribution < 1.29 is 0 Å². The van der Waals surface area contributed by atoms with Crippen LogP contribution in [0.5, 0.6) is 0 Å². The van der Waals surface area contributed by atoms with Crippen LogP contribution in [0.15, 0.2) is 66.9 Å². The summed E-state index contributed by atoms with van der Waals surface area (Å²) in [4.78, 5) is 16.5. The van der Waals surface area contributed by atoms with Gasteiger partial charge in [0.05, 0.1) is 0 Å². The van der Waals surface area contributed by atoms with Gasteiger partial charge in [0.15, 0.2) is 0 Å². The van der Waals surface area contributed by atoms with E-state index in [4.69, 9.17) is 4.98 Å². The van der Waals surface area contributed by atoms with Gasteiger partial charge >= 0.3 is 0 Å². The van der Waals surface area contributed by atoms with Crippen LogP contribution in [-0.4, -0.2) is 42.7 Å². The van der Waals surface area contributed by atoms with Gasteiger partial charge in [0, 0.05) is 50.3 Å². The number of benzene rings is 2. The second kappa shape index (κ2) is 6.91. The Balaban J connectivity index is 1.32. The van der Waals surface area contributed by atoms with E-state index in [1.165, 1.54) is 16.9 Å². The van der Waals surface area contributed by atoms with Crippen LogP contribution in [0.4, 0.5) is 23.1 Å². The number of fused-ring (bicyclic) bond motifs is 1. The molecule has 136 valence electrons. The highest BCUT2D eigenvalue weighted by molar-refractivity contribution is 5.66. The van der Waals surface area contributed by atoms with Crippen molar-refractivity contribution in [2.75, 3.05) is 47.4 Å². The summed E-state index contributed by atoms with van der Waals surface area (Å²) in [6, 6.07) is 21.2. The van der Waals surface area contributed by atoms with Crippen LogP contribution < -0.4 is 14.7 Å². The number of piperazine rings is 1. The van der Waals surface area contributed by atoms with Crippen molar-refractivity contribution in [2.45, 2.75) is 6.42 Å². The molecule has 0 bridgehead atoms. The summed E-state index contributed by atoms with van der Waals surface area (Å²) in [5.74, 6) is 1.83. The monoisotopic (exact) mass is 357 g/mol. The minimum Gasteiger partial charge on any atom is -0.368 e. The van der Waals surface area contributed by atoms with Gasteiger partial charge in [-0.3, -0.25) is 0 Å². The highest BCUT2D eigenvalue weighted by atomic mass is 15.3. The minimum atomic E-state index is 0.808. The average molecular weight is 357 g/mol. The van der Waals surface area contributed by atoms with Gasteiger partial charge in [-0.1, -0.05) is 36.4 Å². The highest BCUT2D eigenvalue weighted by Crippen LogP contribution is 2.32. The van der Waals surface area contributed by atoms with Crippen LogP contribution in [0.1, 0.15) is 5.56 Å². The maximum Gasteiger partial charge on any atom is 0.231 e. The third-order valence-electron chi connectivity index (χ3n) is 5.48. The molecule has 3 aromatic rings. The molecule has 5 heteroatoms. The average Bonchev–Trinajstić information content (AvgIpc) is 3.19. The zero-order valence-corrected chi connectivity index (χ0v) is 15.3. The van der Waals surface area contributed by atoms with Gasteiger partial charge < -0.3 is 14.7 Å². The molecule has 0 saturated carbocycles. The van der Waals surface area contributed by atoms with Crippen molar-refractivity contribution in [3.05, 3.63) is 72.4 Å². The molecular formula is C22H23N5. The smallest absolute Gasteiger partial charge is 0.231 e. The predicted molar refractivity (Wildman–Crippen MR) is 110 cm³/mol. The molecule has 0 atom stereocenters. The molecule has 1 fully saturated rings. The van der Waals surface area contributed by atoms with Crippen LogP contribution in [0.25, 0.3) is 0 Å². The summed E-state index contributed by atoms with van der Waals surface area (Å²) >= 11 is 0. The van der Waals surface area contributed by atoms with Gasteiger partial charge in [-0.15, -0.1) is 0 Å². The molecule has 1 aromatic heterocycles. The van der Waals surface area contributed by atoms with Gasteiger partial charge in [0.2, 0.25) is 5.95 Å². The molecule has 0 amide bonds. The number of hydrogen-bond donors (Lipinski definition) is 0. The molecule has 27 heavy (non-hydrogen) atoms. The van der Waals surface area contributed by atoms with Crippen molar-refractivity contribution in [1.29, 1.82) is 0 Å². The van der Waals surface area contributed by atoms with E-state index in [9.17, 15) is 0 Å². The van der Waals surface area contributed by atoms with E-state index in [1.807, 2.05) is 12.3 Å². The standard InChI is InChI=1S/C22H23N5/c1-2-7-19(8-3-1)25-14-16-26(17-15-25)21-10-12-23-22(24-21)27-13-11-18-6-4-5-9-20(18)27/h1-10,12H,11,13-17H2. The normalized spacial score (nSPS) is 16.5. The lowest BCUT2D eigenvalue weighted by atomic mass is 10.2. The fourth-order valence-corrected chi connectivity index (χ4v) is 4.02. The van der Waals surface area contributed by atoms with E-state index in [1.54, 1.807) is 0 Å². The maximum atomic E-state index is 4.90. The Bertz CT molecular complexity index is 919. The number of aromatic nitrogens is 2. The van der Waals surface area contributed by atoms with Crippen molar-refractivity contribution in [3.8, 4) is 0 Å². The molecule has 1 saturated heterocycles. The van der Waals surface area contributed by atoms with Crippen molar-refractivity contribution in [2.24, 2.45) is 0 Å². The first-order valence-electron chi connectivity index (χ1n) is 9.62. The SMILES string of the molecule is c1ccc(N2CCN(c3ccnc(N4CCc5ccccc54)n3)CC2)cc1. The quantitative estimate of drug-likeness (QED) is 0.717. The van der Waals surface area contributed by atoms with Crippen molar-refractivity contribution in [1.82, 2.24) is 9.97 Å². The van der Waals surface area contributed by atoms with E-state index in [2.05, 4.69) is 74.3 Å². The second-order valence-corrected chi connectivity index (χ2v) is 7.05. The Morgan fingerprint density at radius 2 is 1.44 bits per heavy atom. The number of anilines is 4. The number of hydrogen-bond acceptors (Lipinski definition) is 5. The van der Waals surface area contributed by atoms with E-state index in [0.29, 0.717) is 0 Å².